The molecular weight excluding hydrogens is 200 g/mol. The summed E-state index contributed by atoms with van der Waals surface area (Å²) in [5, 5.41) is 9.78. The first-order valence-corrected chi connectivity index (χ1v) is 6.62. The van der Waals surface area contributed by atoms with Crippen molar-refractivity contribution in [3.05, 3.63) is 12.2 Å². The maximum atomic E-state index is 9.78. The van der Waals surface area contributed by atoms with Crippen molar-refractivity contribution in [2.75, 3.05) is 0 Å². The third-order valence-electron chi connectivity index (χ3n) is 3.92. The third kappa shape index (κ3) is 2.67. The van der Waals surface area contributed by atoms with Gasteiger partial charge in [-0.25, -0.2) is 0 Å². The van der Waals surface area contributed by atoms with Crippen molar-refractivity contribution in [2.45, 2.75) is 71.2 Å². The van der Waals surface area contributed by atoms with E-state index in [-0.39, 0.29) is 11.5 Å². The number of hydrogen-bond donors (Lipinski definition) is 1. The molecule has 94 valence electrons. The second-order valence-electron chi connectivity index (χ2n) is 5.04. The van der Waals surface area contributed by atoms with E-state index in [2.05, 4.69) is 27.4 Å². The zero-order chi connectivity index (χ0) is 12.2. The average molecular weight is 226 g/mol. The molecule has 1 heterocycles. The SMILES string of the molecule is C=C1C(O)OC(CCCC)(CCCC)C1C. The Balaban J connectivity index is 2.74. The normalized spacial score (nSPS) is 28.6. The van der Waals surface area contributed by atoms with Crippen LogP contribution in [0.1, 0.15) is 59.3 Å². The summed E-state index contributed by atoms with van der Waals surface area (Å²) in [5.74, 6) is 0.278. The van der Waals surface area contributed by atoms with Crippen molar-refractivity contribution in [3.8, 4) is 0 Å². The van der Waals surface area contributed by atoms with Crippen LogP contribution in [0.15, 0.2) is 12.2 Å². The fourth-order valence-corrected chi connectivity index (χ4v) is 2.58. The Morgan fingerprint density at radius 1 is 1.25 bits per heavy atom. The molecule has 2 heteroatoms. The standard InChI is InChI=1S/C14H26O2/c1-5-7-9-14(10-8-6-2)12(4)11(3)13(15)16-14/h12-13,15H,3,5-10H2,1-2,4H3. The Morgan fingerprint density at radius 2 is 1.75 bits per heavy atom. The molecule has 2 unspecified atom stereocenters. The van der Waals surface area contributed by atoms with E-state index in [4.69, 9.17) is 4.74 Å². The van der Waals surface area contributed by atoms with Gasteiger partial charge in [0.2, 0.25) is 0 Å². The summed E-state index contributed by atoms with van der Waals surface area (Å²) >= 11 is 0. The Labute approximate surface area is 99.7 Å². The molecule has 0 bridgehead atoms. The van der Waals surface area contributed by atoms with E-state index in [0.29, 0.717) is 0 Å². The molecule has 2 atom stereocenters. The smallest absolute Gasteiger partial charge is 0.177 e. The maximum absolute atomic E-state index is 9.78. The van der Waals surface area contributed by atoms with E-state index in [1.807, 2.05) is 0 Å². The molecule has 1 fully saturated rings. The quantitative estimate of drug-likeness (QED) is 0.701. The van der Waals surface area contributed by atoms with E-state index in [9.17, 15) is 5.11 Å². The Hall–Kier alpha value is -0.340. The lowest BCUT2D eigenvalue weighted by atomic mass is 9.79. The molecule has 0 aromatic carbocycles. The van der Waals surface area contributed by atoms with E-state index in [0.717, 1.165) is 31.3 Å². The van der Waals surface area contributed by atoms with Crippen molar-refractivity contribution in [1.82, 2.24) is 0 Å². The van der Waals surface area contributed by atoms with Crippen LogP contribution in [0.3, 0.4) is 0 Å². The van der Waals surface area contributed by atoms with Gasteiger partial charge in [0.05, 0.1) is 5.60 Å². The lowest BCUT2D eigenvalue weighted by Crippen LogP contribution is -2.34. The van der Waals surface area contributed by atoms with Crippen LogP contribution < -0.4 is 0 Å². The monoisotopic (exact) mass is 226 g/mol. The highest BCUT2D eigenvalue weighted by atomic mass is 16.6. The number of aliphatic hydroxyl groups excluding tert-OH is 1. The zero-order valence-electron chi connectivity index (χ0n) is 11.0. The van der Waals surface area contributed by atoms with Crippen molar-refractivity contribution < 1.29 is 9.84 Å². The number of ether oxygens (including phenoxy) is 1. The minimum absolute atomic E-state index is 0.150. The van der Waals surface area contributed by atoms with Gasteiger partial charge in [0, 0.05) is 5.92 Å². The molecular formula is C14H26O2. The van der Waals surface area contributed by atoms with E-state index < -0.39 is 6.29 Å². The molecule has 0 radical (unpaired) electrons. The van der Waals surface area contributed by atoms with Gasteiger partial charge in [-0.15, -0.1) is 0 Å². The number of aliphatic hydroxyl groups is 1. The minimum atomic E-state index is -0.747. The molecule has 0 spiro atoms. The van der Waals surface area contributed by atoms with Crippen LogP contribution in [0.4, 0.5) is 0 Å². The van der Waals surface area contributed by atoms with Crippen molar-refractivity contribution >= 4 is 0 Å². The predicted molar refractivity (Wildman–Crippen MR) is 67.2 cm³/mol. The van der Waals surface area contributed by atoms with Gasteiger partial charge in [-0.05, 0) is 18.4 Å². The molecule has 0 amide bonds. The topological polar surface area (TPSA) is 29.5 Å². The van der Waals surface area contributed by atoms with Gasteiger partial charge in [0.25, 0.3) is 0 Å². The number of unbranched alkanes of at least 4 members (excludes halogenated alkanes) is 2. The highest BCUT2D eigenvalue weighted by Gasteiger charge is 2.46. The second kappa shape index (κ2) is 5.83. The number of hydrogen-bond acceptors (Lipinski definition) is 2. The second-order valence-corrected chi connectivity index (χ2v) is 5.04. The Bertz CT molecular complexity index is 227. The highest BCUT2D eigenvalue weighted by molar-refractivity contribution is 5.15. The largest absolute Gasteiger partial charge is 0.364 e. The van der Waals surface area contributed by atoms with Crippen LogP contribution in [0.25, 0.3) is 0 Å². The molecule has 0 aliphatic carbocycles. The molecule has 2 nitrogen and oxygen atoms in total. The average Bonchev–Trinajstić information content (AvgIpc) is 2.49. The summed E-state index contributed by atoms with van der Waals surface area (Å²) in [4.78, 5) is 0. The van der Waals surface area contributed by atoms with Gasteiger partial charge in [0.15, 0.2) is 6.29 Å². The first kappa shape index (κ1) is 13.7. The van der Waals surface area contributed by atoms with Gasteiger partial charge in [0.1, 0.15) is 0 Å². The molecule has 1 rings (SSSR count). The summed E-state index contributed by atoms with van der Waals surface area (Å²) in [6.07, 6.45) is 6.01. The molecule has 0 aromatic heterocycles. The fourth-order valence-electron chi connectivity index (χ4n) is 2.58. The molecule has 16 heavy (non-hydrogen) atoms. The third-order valence-corrected chi connectivity index (χ3v) is 3.92. The molecule has 1 saturated heterocycles. The van der Waals surface area contributed by atoms with E-state index in [1.54, 1.807) is 0 Å². The van der Waals surface area contributed by atoms with Gasteiger partial charge < -0.3 is 9.84 Å². The molecule has 1 N–H and O–H groups in total. The summed E-state index contributed by atoms with van der Waals surface area (Å²) in [6, 6.07) is 0. The molecule has 0 saturated carbocycles. The first-order valence-electron chi connectivity index (χ1n) is 6.62. The van der Waals surface area contributed by atoms with Gasteiger partial charge in [-0.1, -0.05) is 53.0 Å². The fraction of sp³-hybridized carbons (Fsp3) is 0.857. The summed E-state index contributed by atoms with van der Waals surface area (Å²) in [7, 11) is 0. The minimum Gasteiger partial charge on any atom is -0.364 e. The van der Waals surface area contributed by atoms with Crippen molar-refractivity contribution in [3.63, 3.8) is 0 Å². The summed E-state index contributed by atoms with van der Waals surface area (Å²) < 4.78 is 5.83. The molecule has 0 aromatic rings. The zero-order valence-corrected chi connectivity index (χ0v) is 11.0. The van der Waals surface area contributed by atoms with Crippen molar-refractivity contribution in [1.29, 1.82) is 0 Å². The van der Waals surface area contributed by atoms with Crippen LogP contribution in [0, 0.1) is 5.92 Å². The Morgan fingerprint density at radius 3 is 2.06 bits per heavy atom. The van der Waals surface area contributed by atoms with E-state index >= 15 is 0 Å². The lowest BCUT2D eigenvalue weighted by Gasteiger charge is -2.32. The van der Waals surface area contributed by atoms with Crippen LogP contribution in [-0.2, 0) is 4.74 Å². The molecule has 1 aliphatic heterocycles. The Kier molecular flexibility index (Phi) is 5.00. The molecule has 1 aliphatic rings. The summed E-state index contributed by atoms with van der Waals surface area (Å²) in [6.45, 7) is 10.5. The number of rotatable bonds is 6. The summed E-state index contributed by atoms with van der Waals surface area (Å²) in [5.41, 5.74) is 0.704. The van der Waals surface area contributed by atoms with Crippen LogP contribution in [0.5, 0.6) is 0 Å². The first-order chi connectivity index (χ1) is 7.57. The maximum Gasteiger partial charge on any atom is 0.177 e. The van der Waals surface area contributed by atoms with Crippen LogP contribution >= 0.6 is 0 Å². The van der Waals surface area contributed by atoms with Crippen molar-refractivity contribution in [2.24, 2.45) is 5.92 Å². The van der Waals surface area contributed by atoms with E-state index in [1.165, 1.54) is 12.8 Å². The van der Waals surface area contributed by atoms with Gasteiger partial charge in [-0.2, -0.15) is 0 Å². The van der Waals surface area contributed by atoms with Gasteiger partial charge >= 0.3 is 0 Å². The van der Waals surface area contributed by atoms with Crippen LogP contribution in [-0.4, -0.2) is 17.0 Å². The van der Waals surface area contributed by atoms with Crippen LogP contribution in [0.2, 0.25) is 0 Å². The highest BCUT2D eigenvalue weighted by Crippen LogP contribution is 2.44. The predicted octanol–water partition coefficient (Wildman–Crippen LogP) is 3.65. The lowest BCUT2D eigenvalue weighted by molar-refractivity contribution is -0.143. The van der Waals surface area contributed by atoms with Gasteiger partial charge in [-0.3, -0.25) is 0 Å².